The van der Waals surface area contributed by atoms with Crippen LogP contribution in [0.5, 0.6) is 5.75 Å². The quantitative estimate of drug-likeness (QED) is 0.625. The number of ether oxygens (including phenoxy) is 1. The van der Waals surface area contributed by atoms with Gasteiger partial charge in [0.25, 0.3) is 0 Å². The first-order chi connectivity index (χ1) is 13.1. The van der Waals surface area contributed by atoms with Crippen molar-refractivity contribution in [1.82, 2.24) is 25.8 Å². The van der Waals surface area contributed by atoms with Gasteiger partial charge < -0.3 is 15.8 Å². The number of nitrogens with two attached hydrogens (primary N) is 1. The van der Waals surface area contributed by atoms with Crippen molar-refractivity contribution in [2.24, 2.45) is 5.92 Å². The summed E-state index contributed by atoms with van der Waals surface area (Å²) >= 11 is 0. The van der Waals surface area contributed by atoms with Gasteiger partial charge in [-0.2, -0.15) is 15.0 Å². The molecule has 0 spiro atoms. The molecule has 9 heteroatoms. The van der Waals surface area contributed by atoms with Gasteiger partial charge in [-0.3, -0.25) is 10.9 Å². The van der Waals surface area contributed by atoms with Gasteiger partial charge in [0.2, 0.25) is 11.9 Å². The topological polar surface area (TPSA) is 110 Å². The Bertz CT molecular complexity index is 818. The molecule has 27 heavy (non-hydrogen) atoms. The first-order valence-electron chi connectivity index (χ1n) is 9.19. The predicted molar refractivity (Wildman–Crippen MR) is 99.5 cm³/mol. The maximum Gasteiger partial charge on any atom is 0.228 e. The van der Waals surface area contributed by atoms with Crippen molar-refractivity contribution in [3.63, 3.8) is 0 Å². The Hall–Kier alpha value is -2.52. The lowest BCUT2D eigenvalue weighted by atomic mass is 9.79. The number of fused-ring (bicyclic) bond motifs is 1. The van der Waals surface area contributed by atoms with E-state index in [1.165, 1.54) is 7.11 Å². The van der Waals surface area contributed by atoms with Crippen LogP contribution in [0.2, 0.25) is 0 Å². The Morgan fingerprint density at radius 2 is 2.19 bits per heavy atom. The van der Waals surface area contributed by atoms with Crippen LogP contribution in [0.3, 0.4) is 0 Å². The molecule has 0 bridgehead atoms. The van der Waals surface area contributed by atoms with Crippen LogP contribution in [0.4, 0.5) is 16.3 Å². The average Bonchev–Trinajstić information content (AvgIpc) is 3.14. The molecule has 5 N–H and O–H groups in total. The van der Waals surface area contributed by atoms with E-state index >= 15 is 0 Å². The summed E-state index contributed by atoms with van der Waals surface area (Å²) in [5, 5.41) is 3.05. The Labute approximate surface area is 157 Å². The lowest BCUT2D eigenvalue weighted by Crippen LogP contribution is -2.36. The second kappa shape index (κ2) is 7.61. The van der Waals surface area contributed by atoms with E-state index in [0.717, 1.165) is 25.8 Å². The third-order valence-electron chi connectivity index (χ3n) is 5.38. The van der Waals surface area contributed by atoms with E-state index in [0.29, 0.717) is 29.3 Å². The molecule has 0 amide bonds. The van der Waals surface area contributed by atoms with Crippen molar-refractivity contribution in [2.45, 2.75) is 37.8 Å². The number of hydrogen-bond acceptors (Lipinski definition) is 8. The molecule has 1 saturated carbocycles. The zero-order chi connectivity index (χ0) is 18.8. The molecule has 144 valence electrons. The molecular formula is C18H24FN7O. The van der Waals surface area contributed by atoms with Crippen molar-refractivity contribution in [3.8, 4) is 5.75 Å². The maximum absolute atomic E-state index is 14.3. The molecule has 1 saturated heterocycles. The third kappa shape index (κ3) is 3.79. The molecule has 2 aromatic rings. The smallest absolute Gasteiger partial charge is 0.228 e. The molecular weight excluding hydrogens is 349 g/mol. The van der Waals surface area contributed by atoms with Crippen LogP contribution in [0.15, 0.2) is 18.2 Å². The maximum atomic E-state index is 14.3. The van der Waals surface area contributed by atoms with Crippen LogP contribution < -0.4 is 26.6 Å². The number of rotatable bonds is 5. The third-order valence-corrected chi connectivity index (χ3v) is 5.38. The van der Waals surface area contributed by atoms with Crippen molar-refractivity contribution < 1.29 is 9.13 Å². The highest BCUT2D eigenvalue weighted by Crippen LogP contribution is 2.36. The Morgan fingerprint density at radius 1 is 1.30 bits per heavy atom. The second-order valence-corrected chi connectivity index (χ2v) is 7.06. The molecule has 0 radical (unpaired) electrons. The van der Waals surface area contributed by atoms with Gasteiger partial charge in [0, 0.05) is 30.6 Å². The molecule has 2 heterocycles. The van der Waals surface area contributed by atoms with E-state index in [1.807, 2.05) is 0 Å². The summed E-state index contributed by atoms with van der Waals surface area (Å²) in [5.74, 6) is 1.94. The zero-order valence-corrected chi connectivity index (χ0v) is 15.2. The number of nitrogen functional groups attached to an aromatic ring is 1. The van der Waals surface area contributed by atoms with Gasteiger partial charge in [-0.25, -0.2) is 4.39 Å². The summed E-state index contributed by atoms with van der Waals surface area (Å²) in [6.45, 7) is 1.24. The second-order valence-electron chi connectivity index (χ2n) is 7.06. The van der Waals surface area contributed by atoms with Crippen LogP contribution in [-0.2, 0) is 6.54 Å². The number of halogens is 1. The van der Waals surface area contributed by atoms with Gasteiger partial charge in [0.15, 0.2) is 11.6 Å². The number of hydrazine groups is 1. The number of anilines is 2. The molecule has 3 unspecified atom stereocenters. The van der Waals surface area contributed by atoms with E-state index in [1.54, 1.807) is 18.2 Å². The van der Waals surface area contributed by atoms with Gasteiger partial charge in [0.1, 0.15) is 5.82 Å². The lowest BCUT2D eigenvalue weighted by Gasteiger charge is -2.29. The van der Waals surface area contributed by atoms with E-state index in [4.69, 9.17) is 10.5 Å². The Morgan fingerprint density at radius 3 is 3.04 bits per heavy atom. The summed E-state index contributed by atoms with van der Waals surface area (Å²) < 4.78 is 19.3. The first-order valence-corrected chi connectivity index (χ1v) is 9.19. The molecule has 3 atom stereocenters. The minimum absolute atomic E-state index is 0.174. The average molecular weight is 373 g/mol. The first kappa shape index (κ1) is 17.9. The van der Waals surface area contributed by atoms with Crippen LogP contribution in [-0.4, -0.2) is 34.6 Å². The SMILES string of the molecule is COc1cccc(CNc2nc(N)nc(C3CCC4CNNC4C3)n2)c1F. The van der Waals surface area contributed by atoms with E-state index in [-0.39, 0.29) is 24.2 Å². The minimum Gasteiger partial charge on any atom is -0.494 e. The van der Waals surface area contributed by atoms with Crippen molar-refractivity contribution in [3.05, 3.63) is 35.4 Å². The highest BCUT2D eigenvalue weighted by Gasteiger charge is 2.35. The minimum atomic E-state index is -0.395. The van der Waals surface area contributed by atoms with Crippen molar-refractivity contribution in [1.29, 1.82) is 0 Å². The summed E-state index contributed by atoms with van der Waals surface area (Å²) in [5.41, 5.74) is 12.9. The normalized spacial score (nSPS) is 24.4. The van der Waals surface area contributed by atoms with E-state index < -0.39 is 5.82 Å². The van der Waals surface area contributed by atoms with Crippen molar-refractivity contribution in [2.75, 3.05) is 24.7 Å². The number of methoxy groups -OCH3 is 1. The largest absolute Gasteiger partial charge is 0.494 e. The number of hydrogen-bond donors (Lipinski definition) is 4. The lowest BCUT2D eigenvalue weighted by molar-refractivity contribution is 0.296. The molecule has 1 aromatic carbocycles. The highest BCUT2D eigenvalue weighted by atomic mass is 19.1. The summed E-state index contributed by atoms with van der Waals surface area (Å²) in [6, 6.07) is 5.45. The molecule has 1 aromatic heterocycles. The molecule has 1 aliphatic heterocycles. The van der Waals surface area contributed by atoms with Gasteiger partial charge >= 0.3 is 0 Å². The fourth-order valence-electron chi connectivity index (χ4n) is 3.91. The number of aromatic nitrogens is 3. The Balaban J connectivity index is 1.48. The molecule has 1 aliphatic carbocycles. The van der Waals surface area contributed by atoms with Crippen LogP contribution in [0.1, 0.15) is 36.6 Å². The van der Waals surface area contributed by atoms with Gasteiger partial charge in [-0.05, 0) is 31.2 Å². The molecule has 4 rings (SSSR count). The summed E-state index contributed by atoms with van der Waals surface area (Å²) in [6.07, 6.45) is 3.11. The fourth-order valence-corrected chi connectivity index (χ4v) is 3.91. The fraction of sp³-hybridized carbons (Fsp3) is 0.500. The van der Waals surface area contributed by atoms with Crippen LogP contribution >= 0.6 is 0 Å². The predicted octanol–water partition coefficient (Wildman–Crippen LogP) is 1.57. The van der Waals surface area contributed by atoms with Crippen LogP contribution in [0, 0.1) is 11.7 Å². The molecule has 2 aliphatic rings. The van der Waals surface area contributed by atoms with E-state index in [2.05, 4.69) is 31.1 Å². The number of nitrogens with zero attached hydrogens (tertiary/aromatic N) is 3. The molecule has 2 fully saturated rings. The zero-order valence-electron chi connectivity index (χ0n) is 15.2. The van der Waals surface area contributed by atoms with E-state index in [9.17, 15) is 4.39 Å². The van der Waals surface area contributed by atoms with Crippen LogP contribution in [0.25, 0.3) is 0 Å². The highest BCUT2D eigenvalue weighted by molar-refractivity contribution is 5.36. The number of nitrogens with one attached hydrogen (secondary N) is 3. The monoisotopic (exact) mass is 373 g/mol. The Kier molecular flexibility index (Phi) is 5.04. The summed E-state index contributed by atoms with van der Waals surface area (Å²) in [7, 11) is 1.44. The number of benzene rings is 1. The van der Waals surface area contributed by atoms with Gasteiger partial charge in [-0.15, -0.1) is 0 Å². The summed E-state index contributed by atoms with van der Waals surface area (Å²) in [4.78, 5) is 13.0. The van der Waals surface area contributed by atoms with Gasteiger partial charge in [0.05, 0.1) is 7.11 Å². The van der Waals surface area contributed by atoms with Crippen molar-refractivity contribution >= 4 is 11.9 Å². The molecule has 8 nitrogen and oxygen atoms in total. The standard InChI is InChI=1S/C18H24FN7O/c1-27-14-4-2-3-12(15(14)19)8-21-18-24-16(23-17(20)25-18)10-5-6-11-9-22-26-13(11)7-10/h2-4,10-11,13,22,26H,5-9H2,1H3,(H3,20,21,23,24,25). The van der Waals surface area contributed by atoms with Gasteiger partial charge in [-0.1, -0.05) is 12.1 Å².